The van der Waals surface area contributed by atoms with E-state index in [9.17, 15) is 5.41 Å². The second-order valence-corrected chi connectivity index (χ2v) is 7.40. The molecule has 2 aromatic heterocycles. The number of aromatic nitrogens is 3. The Bertz CT molecular complexity index is 1400. The molecular weight excluding hydrogens is 368 g/mol. The number of hydrogen-bond donors (Lipinski definition) is 1. The summed E-state index contributed by atoms with van der Waals surface area (Å²) in [4.78, 5) is 5.15. The second-order valence-electron chi connectivity index (χ2n) is 7.40. The summed E-state index contributed by atoms with van der Waals surface area (Å²) in [7, 11) is 0. The lowest BCUT2D eigenvalue weighted by molar-refractivity contribution is 0.913. The van der Waals surface area contributed by atoms with Crippen LogP contribution in [-0.4, -0.2) is 14.1 Å². The molecule has 30 heavy (non-hydrogen) atoms. The van der Waals surface area contributed by atoms with E-state index in [1.54, 1.807) is 0 Å². The first kappa shape index (κ1) is 18.1. The predicted molar refractivity (Wildman–Crippen MR) is 121 cm³/mol. The van der Waals surface area contributed by atoms with Crippen molar-refractivity contribution in [3.8, 4) is 22.8 Å². The summed E-state index contributed by atoms with van der Waals surface area (Å²) in [6, 6.07) is 30.4. The number of hydrogen-bond acceptors (Lipinski definition) is 2. The molecule has 146 valence electrons. The fourth-order valence-electron chi connectivity index (χ4n) is 4.05. The highest BCUT2D eigenvalue weighted by molar-refractivity contribution is 5.85. The van der Waals surface area contributed by atoms with E-state index in [0.717, 1.165) is 45.1 Å². The van der Waals surface area contributed by atoms with E-state index in [0.29, 0.717) is 5.49 Å². The lowest BCUT2D eigenvalue weighted by Gasteiger charge is -2.15. The van der Waals surface area contributed by atoms with Crippen LogP contribution in [0.15, 0.2) is 91.0 Å². The second kappa shape index (κ2) is 7.16. The first-order valence-electron chi connectivity index (χ1n) is 10.0. The highest BCUT2D eigenvalue weighted by Crippen LogP contribution is 2.28. The van der Waals surface area contributed by atoms with Crippen molar-refractivity contribution < 1.29 is 0 Å². The number of nitrogens with one attached hydrogen (secondary N) is 1. The molecule has 5 aromatic rings. The molecular formula is C26H22N4. The van der Waals surface area contributed by atoms with Gasteiger partial charge in [0.2, 0.25) is 0 Å². The Morgan fingerprint density at radius 2 is 1.17 bits per heavy atom. The fraction of sp³-hybridized carbons (Fsp3) is 0.0769. The van der Waals surface area contributed by atoms with Crippen molar-refractivity contribution in [1.29, 1.82) is 5.41 Å². The van der Waals surface area contributed by atoms with Crippen LogP contribution in [0.5, 0.6) is 0 Å². The summed E-state index contributed by atoms with van der Waals surface area (Å²) in [5, 5.41) is 10.1. The first-order valence-corrected chi connectivity index (χ1v) is 10.0. The molecule has 0 unspecified atom stereocenters. The smallest absolute Gasteiger partial charge is 0.151 e. The maximum absolute atomic E-state index is 9.19. The van der Waals surface area contributed by atoms with Gasteiger partial charge in [0, 0.05) is 22.6 Å². The van der Waals surface area contributed by atoms with Gasteiger partial charge in [-0.25, -0.2) is 4.98 Å². The minimum Gasteiger partial charge on any atom is -0.298 e. The largest absolute Gasteiger partial charge is 0.298 e. The van der Waals surface area contributed by atoms with Gasteiger partial charge in [-0.1, -0.05) is 66.7 Å². The number of benzene rings is 3. The molecule has 0 spiro atoms. The zero-order valence-corrected chi connectivity index (χ0v) is 17.0. The van der Waals surface area contributed by atoms with E-state index in [1.165, 1.54) is 0 Å². The van der Waals surface area contributed by atoms with Gasteiger partial charge in [-0.3, -0.25) is 14.5 Å². The molecule has 0 atom stereocenters. The Morgan fingerprint density at radius 1 is 0.667 bits per heavy atom. The van der Waals surface area contributed by atoms with Crippen LogP contribution >= 0.6 is 0 Å². The van der Waals surface area contributed by atoms with E-state index in [2.05, 4.69) is 30.5 Å². The normalized spacial score (nSPS) is 11.1. The van der Waals surface area contributed by atoms with Gasteiger partial charge in [-0.05, 0) is 43.7 Å². The zero-order valence-electron chi connectivity index (χ0n) is 17.0. The van der Waals surface area contributed by atoms with Crippen molar-refractivity contribution in [2.24, 2.45) is 0 Å². The molecule has 5 rings (SSSR count). The van der Waals surface area contributed by atoms with Crippen LogP contribution in [0.2, 0.25) is 0 Å². The summed E-state index contributed by atoms with van der Waals surface area (Å²) < 4.78 is 4.10. The van der Waals surface area contributed by atoms with Crippen LogP contribution in [0.4, 0.5) is 0 Å². The molecule has 0 aliphatic rings. The highest BCUT2D eigenvalue weighted by Gasteiger charge is 2.20. The molecule has 0 bridgehead atoms. The van der Waals surface area contributed by atoms with E-state index >= 15 is 0 Å². The Morgan fingerprint density at radius 3 is 1.73 bits per heavy atom. The average molecular weight is 390 g/mol. The standard InChI is InChI=1S/C26H22N4/c1-18-19(2)29(21-14-8-4-9-15-21)26-23(18)24(27)30(22-16-10-5-11-17-22)25(28-26)20-12-6-3-7-13-20/h3-17,27H,1-2H3. The quantitative estimate of drug-likeness (QED) is 0.429. The molecule has 0 fully saturated rings. The summed E-state index contributed by atoms with van der Waals surface area (Å²) in [5.41, 5.74) is 6.40. The van der Waals surface area contributed by atoms with Gasteiger partial charge in [-0.2, -0.15) is 0 Å². The van der Waals surface area contributed by atoms with Crippen LogP contribution in [0.25, 0.3) is 33.8 Å². The first-order chi connectivity index (χ1) is 14.7. The molecule has 2 heterocycles. The van der Waals surface area contributed by atoms with Crippen molar-refractivity contribution >= 4 is 11.0 Å². The lowest BCUT2D eigenvalue weighted by Crippen LogP contribution is -2.22. The maximum Gasteiger partial charge on any atom is 0.151 e. The van der Waals surface area contributed by atoms with Crippen LogP contribution in [-0.2, 0) is 0 Å². The van der Waals surface area contributed by atoms with Crippen molar-refractivity contribution in [3.63, 3.8) is 0 Å². The number of fused-ring (bicyclic) bond motifs is 1. The van der Waals surface area contributed by atoms with Gasteiger partial charge in [0.25, 0.3) is 0 Å². The molecule has 1 N–H and O–H groups in total. The van der Waals surface area contributed by atoms with Crippen molar-refractivity contribution in [3.05, 3.63) is 108 Å². The molecule has 4 heteroatoms. The third-order valence-electron chi connectivity index (χ3n) is 5.63. The summed E-state index contributed by atoms with van der Waals surface area (Å²) in [6.07, 6.45) is 0. The zero-order chi connectivity index (χ0) is 20.7. The van der Waals surface area contributed by atoms with Crippen LogP contribution < -0.4 is 5.49 Å². The van der Waals surface area contributed by atoms with E-state index in [1.807, 2.05) is 83.4 Å². The molecule has 4 nitrogen and oxygen atoms in total. The third kappa shape index (κ3) is 2.77. The molecule has 0 amide bonds. The third-order valence-corrected chi connectivity index (χ3v) is 5.63. The van der Waals surface area contributed by atoms with Crippen molar-refractivity contribution in [2.75, 3.05) is 0 Å². The van der Waals surface area contributed by atoms with E-state index in [-0.39, 0.29) is 0 Å². The summed E-state index contributed by atoms with van der Waals surface area (Å²) in [6.45, 7) is 4.17. The molecule has 0 saturated carbocycles. The van der Waals surface area contributed by atoms with Crippen LogP contribution in [0.1, 0.15) is 11.3 Å². The van der Waals surface area contributed by atoms with Gasteiger partial charge >= 0.3 is 0 Å². The molecule has 0 radical (unpaired) electrons. The van der Waals surface area contributed by atoms with Crippen molar-refractivity contribution in [2.45, 2.75) is 13.8 Å². The maximum atomic E-state index is 9.19. The molecule has 3 aromatic carbocycles. The van der Waals surface area contributed by atoms with Gasteiger partial charge in [0.1, 0.15) is 11.3 Å². The van der Waals surface area contributed by atoms with Crippen LogP contribution in [0.3, 0.4) is 0 Å². The van der Waals surface area contributed by atoms with Gasteiger partial charge < -0.3 is 0 Å². The lowest BCUT2D eigenvalue weighted by atomic mass is 10.1. The predicted octanol–water partition coefficient (Wildman–Crippen LogP) is 5.58. The van der Waals surface area contributed by atoms with E-state index < -0.39 is 0 Å². The number of rotatable bonds is 3. The Labute approximate surface area is 175 Å². The SMILES string of the molecule is Cc1c(C)n(-c2ccccc2)c2nc(-c3ccccc3)n(-c3ccccc3)c(=N)c12. The molecule has 0 aliphatic carbocycles. The topological polar surface area (TPSA) is 46.6 Å². The number of para-hydroxylation sites is 2. The number of nitrogens with zero attached hydrogens (tertiary/aromatic N) is 3. The average Bonchev–Trinajstić information content (AvgIpc) is 3.05. The van der Waals surface area contributed by atoms with Crippen molar-refractivity contribution in [1.82, 2.24) is 14.1 Å². The van der Waals surface area contributed by atoms with E-state index in [4.69, 9.17) is 4.98 Å². The summed E-state index contributed by atoms with van der Waals surface area (Å²) >= 11 is 0. The number of aryl methyl sites for hydroxylation is 1. The fourth-order valence-corrected chi connectivity index (χ4v) is 4.05. The Hall–Kier alpha value is -3.92. The van der Waals surface area contributed by atoms with Gasteiger partial charge in [0.05, 0.1) is 5.39 Å². The highest BCUT2D eigenvalue weighted by atomic mass is 15.1. The van der Waals surface area contributed by atoms with Gasteiger partial charge in [-0.15, -0.1) is 0 Å². The Kier molecular flexibility index (Phi) is 4.32. The minimum atomic E-state index is 0.445. The Balaban J connectivity index is 1.95. The summed E-state index contributed by atoms with van der Waals surface area (Å²) in [5.74, 6) is 0.758. The monoisotopic (exact) mass is 390 g/mol. The van der Waals surface area contributed by atoms with Gasteiger partial charge in [0.15, 0.2) is 5.65 Å². The minimum absolute atomic E-state index is 0.445. The molecule has 0 aliphatic heterocycles. The molecule has 0 saturated heterocycles. The van der Waals surface area contributed by atoms with Crippen LogP contribution in [0, 0.1) is 19.3 Å².